The van der Waals surface area contributed by atoms with Gasteiger partial charge in [-0.1, -0.05) is 54.6 Å². The average Bonchev–Trinajstić information content (AvgIpc) is 2.88. The highest BCUT2D eigenvalue weighted by atomic mass is 35.5. The van der Waals surface area contributed by atoms with Crippen LogP contribution in [0.1, 0.15) is 12.8 Å². The van der Waals surface area contributed by atoms with Gasteiger partial charge < -0.3 is 16.8 Å². The van der Waals surface area contributed by atoms with Gasteiger partial charge in [0.15, 0.2) is 6.54 Å². The lowest BCUT2D eigenvalue weighted by molar-refractivity contribution is -0.813. The molecule has 38 heavy (non-hydrogen) atoms. The first-order chi connectivity index (χ1) is 17.3. The third-order valence-corrected chi connectivity index (χ3v) is 11.0. The Bertz CT molecular complexity index is 1070. The topological polar surface area (TPSA) is 122 Å². The largest absolute Gasteiger partial charge is 0.365 e. The number of likely N-dealkylation sites (N-methyl/N-ethyl adjacent to an activating group) is 1. The number of carbonyl (C=O) groups excluding carboxylic acids is 2. The highest BCUT2D eigenvalue weighted by Gasteiger charge is 2.44. The van der Waals surface area contributed by atoms with Crippen molar-refractivity contribution in [2.24, 2.45) is 11.5 Å². The van der Waals surface area contributed by atoms with E-state index in [1.807, 2.05) is 18.2 Å². The Morgan fingerprint density at radius 2 is 1.24 bits per heavy atom. The number of amides is 2. The monoisotopic (exact) mass is 577 g/mol. The fourth-order valence-corrected chi connectivity index (χ4v) is 8.86. The van der Waals surface area contributed by atoms with E-state index in [2.05, 4.69) is 78.1 Å². The minimum atomic E-state index is -1.97. The maximum Gasteiger partial charge on any atom is 0.292 e. The van der Waals surface area contributed by atoms with Crippen LogP contribution in [0.3, 0.4) is 0 Å². The molecule has 7 nitrogen and oxygen atoms in total. The zero-order chi connectivity index (χ0) is 26.0. The van der Waals surface area contributed by atoms with Crippen LogP contribution >= 0.6 is 32.1 Å². The van der Waals surface area contributed by atoms with Crippen LogP contribution in [0.2, 0.25) is 0 Å². The first kappa shape index (κ1) is 33.1. The van der Waals surface area contributed by atoms with Gasteiger partial charge in [0.2, 0.25) is 5.91 Å². The molecule has 3 rings (SSSR count). The second kappa shape index (κ2) is 15.5. The van der Waals surface area contributed by atoms with Crippen LogP contribution < -0.4 is 32.7 Å². The first-order valence-electron chi connectivity index (χ1n) is 12.1. The average molecular weight is 579 g/mol. The summed E-state index contributed by atoms with van der Waals surface area (Å²) in [4.78, 5) is 24.1. The lowest BCUT2D eigenvalue weighted by Gasteiger charge is -2.30. The molecule has 0 aromatic heterocycles. The van der Waals surface area contributed by atoms with Crippen LogP contribution in [0.5, 0.6) is 0 Å². The summed E-state index contributed by atoms with van der Waals surface area (Å²) in [6, 6.07) is 31.8. The zero-order valence-corrected chi connectivity index (χ0v) is 24.1. The van der Waals surface area contributed by atoms with Crippen molar-refractivity contribution in [3.63, 3.8) is 0 Å². The summed E-state index contributed by atoms with van der Waals surface area (Å²) in [5.41, 5.74) is 11.0. The van der Waals surface area contributed by atoms with Crippen LogP contribution in [-0.4, -0.2) is 55.1 Å². The van der Waals surface area contributed by atoms with Crippen molar-refractivity contribution in [1.29, 1.82) is 5.41 Å². The Labute approximate surface area is 238 Å². The van der Waals surface area contributed by atoms with E-state index >= 15 is 0 Å². The number of nitrogens with zero attached hydrogens (tertiary/aromatic N) is 1. The Balaban J connectivity index is 0.00000361. The third kappa shape index (κ3) is 8.27. The van der Waals surface area contributed by atoms with Gasteiger partial charge in [0.05, 0.1) is 19.8 Å². The lowest BCUT2D eigenvalue weighted by Crippen LogP contribution is -2.59. The van der Waals surface area contributed by atoms with Crippen molar-refractivity contribution < 1.29 is 14.1 Å². The second-order valence-electron chi connectivity index (χ2n) is 9.12. The summed E-state index contributed by atoms with van der Waals surface area (Å²) in [5.74, 6) is -0.759. The Kier molecular flexibility index (Phi) is 13.4. The van der Waals surface area contributed by atoms with Crippen molar-refractivity contribution >= 4 is 65.8 Å². The van der Waals surface area contributed by atoms with Gasteiger partial charge in [0.25, 0.3) is 11.9 Å². The van der Waals surface area contributed by atoms with E-state index in [-0.39, 0.29) is 47.7 Å². The molecule has 204 valence electrons. The number of carbonyl (C=O) groups is 2. The van der Waals surface area contributed by atoms with Crippen molar-refractivity contribution in [2.45, 2.75) is 12.8 Å². The number of nitrogens with two attached hydrogens (primary N) is 2. The molecule has 0 aliphatic rings. The molecule has 1 unspecified atom stereocenters. The minimum absolute atomic E-state index is 0. The van der Waals surface area contributed by atoms with E-state index in [1.54, 1.807) is 7.05 Å². The molecular weight excluding hydrogens is 540 g/mol. The molecule has 0 aliphatic heterocycles. The van der Waals surface area contributed by atoms with Crippen molar-refractivity contribution in [3.8, 4) is 0 Å². The summed E-state index contributed by atoms with van der Waals surface area (Å²) in [6.07, 6.45) is 1.97. The molecule has 0 spiro atoms. The summed E-state index contributed by atoms with van der Waals surface area (Å²) >= 11 is 0. The molecule has 0 saturated heterocycles. The molecule has 10 heteroatoms. The molecule has 1 atom stereocenters. The molecule has 0 bridgehead atoms. The molecule has 0 fully saturated rings. The van der Waals surface area contributed by atoms with Crippen LogP contribution in [0.4, 0.5) is 0 Å². The number of quaternary nitrogens is 1. The van der Waals surface area contributed by atoms with Crippen molar-refractivity contribution in [2.75, 3.05) is 32.8 Å². The summed E-state index contributed by atoms with van der Waals surface area (Å²) in [6.45, 7) is 0.543. The van der Waals surface area contributed by atoms with Gasteiger partial charge in [-0.25, -0.2) is 5.41 Å². The molecule has 0 saturated carbocycles. The Morgan fingerprint density at radius 3 is 1.61 bits per heavy atom. The van der Waals surface area contributed by atoms with Gasteiger partial charge in [0.1, 0.15) is 29.7 Å². The highest BCUT2D eigenvalue weighted by molar-refractivity contribution is 7.95. The summed E-state index contributed by atoms with van der Waals surface area (Å²) in [5, 5.41) is 14.6. The number of primary amides is 1. The fourth-order valence-electron chi connectivity index (χ4n) is 4.52. The second-order valence-corrected chi connectivity index (χ2v) is 12.7. The van der Waals surface area contributed by atoms with Gasteiger partial charge in [-0.05, 0) is 42.8 Å². The fraction of sp³-hybridized carbons (Fsp3) is 0.250. The lowest BCUT2D eigenvalue weighted by atomic mass is 10.3. The normalized spacial score (nSPS) is 12.2. The number of hydrogen-bond acceptors (Lipinski definition) is 3. The van der Waals surface area contributed by atoms with E-state index in [0.29, 0.717) is 19.5 Å². The predicted octanol–water partition coefficient (Wildman–Crippen LogP) is 2.55. The molecule has 0 radical (unpaired) electrons. The van der Waals surface area contributed by atoms with Gasteiger partial charge in [-0.3, -0.25) is 14.1 Å². The number of benzene rings is 3. The van der Waals surface area contributed by atoms with Crippen LogP contribution in [0.15, 0.2) is 91.0 Å². The smallest absolute Gasteiger partial charge is 0.292 e. The van der Waals surface area contributed by atoms with E-state index < -0.39 is 13.2 Å². The van der Waals surface area contributed by atoms with Gasteiger partial charge >= 0.3 is 0 Å². The number of halogens is 2. The van der Waals surface area contributed by atoms with Gasteiger partial charge in [-0.15, -0.1) is 24.8 Å². The van der Waals surface area contributed by atoms with Gasteiger partial charge in [-0.2, -0.15) is 0 Å². The Morgan fingerprint density at radius 1 is 0.816 bits per heavy atom. The van der Waals surface area contributed by atoms with Crippen molar-refractivity contribution in [1.82, 2.24) is 5.32 Å². The molecule has 2 amide bonds. The number of rotatable bonds is 12. The zero-order valence-electron chi connectivity index (χ0n) is 21.6. The standard InChI is InChI=1S/C28H34N5O2P.2ClH/c1-33(28(30)31,22-26(29)34)20-19-32-27(35)18-11-21-36(23-12-5-2-6-13-23,24-14-7-3-8-15-24)25-16-9-4-10-17-25;;/h2-10,12-17H,11,18-22H2,1H3,(H4-2,29,30,31,32,34,35);2*1H/p+2. The molecule has 3 aromatic rings. The van der Waals surface area contributed by atoms with E-state index in [1.165, 1.54) is 15.9 Å². The molecular formula is C28H38Cl2N5O2P+2. The number of guanidine groups is 1. The van der Waals surface area contributed by atoms with Crippen molar-refractivity contribution in [3.05, 3.63) is 91.0 Å². The number of nitrogens with one attached hydrogen (secondary N) is 2. The van der Waals surface area contributed by atoms with Gasteiger partial charge in [0, 0.05) is 6.42 Å². The van der Waals surface area contributed by atoms with E-state index in [4.69, 9.17) is 16.9 Å². The maximum absolute atomic E-state index is 12.7. The van der Waals surface area contributed by atoms with E-state index in [0.717, 1.165) is 12.6 Å². The third-order valence-electron chi connectivity index (χ3n) is 6.50. The van der Waals surface area contributed by atoms with Crippen LogP contribution in [0.25, 0.3) is 0 Å². The molecule has 0 aliphatic carbocycles. The maximum atomic E-state index is 12.7. The first-order valence-corrected chi connectivity index (χ1v) is 14.0. The van der Waals surface area contributed by atoms with E-state index in [9.17, 15) is 9.59 Å². The molecule has 0 heterocycles. The van der Waals surface area contributed by atoms with Crippen LogP contribution in [-0.2, 0) is 9.59 Å². The Hall–Kier alpha value is -2.96. The SMILES string of the molecule is C[N+](CCNC(=O)CCC[P+](c1ccccc1)(c1ccccc1)c1ccccc1)(CC(N)=O)C(=N)N.Cl.Cl. The quantitative estimate of drug-likeness (QED) is 0.114. The minimum Gasteiger partial charge on any atom is -0.365 e. The summed E-state index contributed by atoms with van der Waals surface area (Å²) < 4.78 is -0.125. The molecule has 3 aromatic carbocycles. The predicted molar refractivity (Wildman–Crippen MR) is 164 cm³/mol. The van der Waals surface area contributed by atoms with Crippen LogP contribution in [0, 0.1) is 5.41 Å². The highest BCUT2D eigenvalue weighted by Crippen LogP contribution is 2.55. The molecule has 6 N–H and O–H groups in total. The number of hydrogen-bond donors (Lipinski definition) is 4. The summed E-state index contributed by atoms with van der Waals surface area (Å²) in [7, 11) is -0.306.